The average molecular weight is 184 g/mol. The van der Waals surface area contributed by atoms with Gasteiger partial charge in [0, 0.05) is 18.3 Å². The Morgan fingerprint density at radius 2 is 2.42 bits per heavy atom. The van der Waals surface area contributed by atoms with E-state index in [1.807, 2.05) is 6.92 Å². The Morgan fingerprint density at radius 3 is 3.00 bits per heavy atom. The van der Waals surface area contributed by atoms with Crippen LogP contribution in [0.5, 0.6) is 0 Å². The van der Waals surface area contributed by atoms with Crippen molar-refractivity contribution < 1.29 is 0 Å². The second-order valence-corrected chi connectivity index (χ2v) is 3.09. The molecule has 0 radical (unpaired) electrons. The maximum Gasteiger partial charge on any atom is 0.253 e. The molecule has 0 atom stereocenters. The van der Waals surface area contributed by atoms with Gasteiger partial charge in [-0.15, -0.1) is 0 Å². The molecule has 0 aliphatic carbocycles. The minimum atomic E-state index is 0.0179. The van der Waals surface area contributed by atoms with Gasteiger partial charge in [-0.25, -0.2) is 4.98 Å². The summed E-state index contributed by atoms with van der Waals surface area (Å²) in [6.07, 6.45) is 2.48. The van der Waals surface area contributed by atoms with Gasteiger partial charge < -0.3 is 0 Å². The van der Waals surface area contributed by atoms with E-state index in [1.54, 1.807) is 17.0 Å². The van der Waals surface area contributed by atoms with E-state index in [4.69, 9.17) is 0 Å². The monoisotopic (exact) mass is 184 g/mol. The van der Waals surface area contributed by atoms with Crippen molar-refractivity contribution in [1.29, 1.82) is 0 Å². The second-order valence-electron chi connectivity index (χ2n) is 2.64. The molecular formula is C8H12N2OS. The third-order valence-electron chi connectivity index (χ3n) is 1.57. The average Bonchev–Trinajstić information content (AvgIpc) is 2.03. The van der Waals surface area contributed by atoms with Crippen LogP contribution in [0.1, 0.15) is 12.1 Å². The molecular weight excluding hydrogens is 172 g/mol. The maximum atomic E-state index is 11.2. The van der Waals surface area contributed by atoms with Crippen LogP contribution in [0, 0.1) is 6.92 Å². The van der Waals surface area contributed by atoms with E-state index in [9.17, 15) is 4.79 Å². The number of aromatic nitrogens is 2. The van der Waals surface area contributed by atoms with Gasteiger partial charge in [-0.2, -0.15) is 12.6 Å². The molecule has 0 aromatic carbocycles. The molecule has 0 amide bonds. The largest absolute Gasteiger partial charge is 0.299 e. The Balaban J connectivity index is 2.80. The van der Waals surface area contributed by atoms with Gasteiger partial charge in [0.2, 0.25) is 0 Å². The fourth-order valence-electron chi connectivity index (χ4n) is 0.926. The van der Waals surface area contributed by atoms with Crippen molar-refractivity contribution in [3.8, 4) is 0 Å². The number of rotatable bonds is 3. The van der Waals surface area contributed by atoms with Crippen LogP contribution in [0.2, 0.25) is 0 Å². The van der Waals surface area contributed by atoms with E-state index < -0.39 is 0 Å². The van der Waals surface area contributed by atoms with Crippen LogP contribution in [0.25, 0.3) is 0 Å². The van der Waals surface area contributed by atoms with Crippen LogP contribution < -0.4 is 5.56 Å². The van der Waals surface area contributed by atoms with Crippen molar-refractivity contribution in [3.63, 3.8) is 0 Å². The summed E-state index contributed by atoms with van der Waals surface area (Å²) in [6.45, 7) is 2.51. The number of nitrogens with zero attached hydrogens (tertiary/aromatic N) is 2. The molecule has 3 nitrogen and oxygen atoms in total. The first-order valence-electron chi connectivity index (χ1n) is 3.88. The molecule has 0 bridgehead atoms. The van der Waals surface area contributed by atoms with Crippen molar-refractivity contribution in [3.05, 3.63) is 28.4 Å². The molecule has 0 saturated heterocycles. The summed E-state index contributed by atoms with van der Waals surface area (Å²) in [5, 5.41) is 0. The van der Waals surface area contributed by atoms with E-state index >= 15 is 0 Å². The fraction of sp³-hybridized carbons (Fsp3) is 0.500. The lowest BCUT2D eigenvalue weighted by Crippen LogP contribution is -2.20. The highest BCUT2D eigenvalue weighted by Gasteiger charge is 1.94. The summed E-state index contributed by atoms with van der Waals surface area (Å²) in [5.74, 6) is 0.792. The molecule has 0 fully saturated rings. The summed E-state index contributed by atoms with van der Waals surface area (Å²) in [5.41, 5.74) is 0.784. The highest BCUT2D eigenvalue weighted by Crippen LogP contribution is 1.89. The molecule has 0 N–H and O–H groups in total. The molecule has 1 heterocycles. The standard InChI is InChI=1S/C8H12N2OS/c1-7-5-8(11)10(6-9-7)3-2-4-12/h5-6,12H,2-4H2,1H3. The Bertz CT molecular complexity index is 308. The summed E-state index contributed by atoms with van der Waals surface area (Å²) in [7, 11) is 0. The van der Waals surface area contributed by atoms with Crippen molar-refractivity contribution in [2.75, 3.05) is 5.75 Å². The van der Waals surface area contributed by atoms with Gasteiger partial charge >= 0.3 is 0 Å². The van der Waals surface area contributed by atoms with E-state index in [1.165, 1.54) is 0 Å². The van der Waals surface area contributed by atoms with Gasteiger partial charge in [-0.3, -0.25) is 9.36 Å². The van der Waals surface area contributed by atoms with Crippen LogP contribution in [-0.2, 0) is 6.54 Å². The molecule has 0 aliphatic rings. The van der Waals surface area contributed by atoms with Crippen molar-refractivity contribution in [2.45, 2.75) is 19.9 Å². The van der Waals surface area contributed by atoms with Gasteiger partial charge in [0.05, 0.1) is 6.33 Å². The first kappa shape index (κ1) is 9.32. The van der Waals surface area contributed by atoms with E-state index in [0.29, 0.717) is 6.54 Å². The zero-order valence-corrected chi connectivity index (χ0v) is 7.92. The van der Waals surface area contributed by atoms with Crippen molar-refractivity contribution in [2.24, 2.45) is 0 Å². The first-order valence-corrected chi connectivity index (χ1v) is 4.51. The molecule has 1 aromatic heterocycles. The Labute approximate surface area is 76.9 Å². The quantitative estimate of drug-likeness (QED) is 0.707. The fourth-order valence-corrected chi connectivity index (χ4v) is 1.07. The summed E-state index contributed by atoms with van der Waals surface area (Å²) in [4.78, 5) is 15.3. The maximum absolute atomic E-state index is 11.2. The van der Waals surface area contributed by atoms with Gasteiger partial charge in [0.15, 0.2) is 0 Å². The molecule has 4 heteroatoms. The second kappa shape index (κ2) is 4.30. The van der Waals surface area contributed by atoms with Crippen LogP contribution >= 0.6 is 12.6 Å². The summed E-state index contributed by atoms with van der Waals surface area (Å²) < 4.78 is 1.60. The molecule has 1 aromatic rings. The molecule has 0 spiro atoms. The normalized spacial score (nSPS) is 10.2. The zero-order chi connectivity index (χ0) is 8.97. The lowest BCUT2D eigenvalue weighted by Gasteiger charge is -2.02. The minimum absolute atomic E-state index is 0.0179. The topological polar surface area (TPSA) is 34.9 Å². The Morgan fingerprint density at radius 1 is 1.67 bits per heavy atom. The lowest BCUT2D eigenvalue weighted by atomic mass is 10.4. The number of aryl methyl sites for hydroxylation is 2. The molecule has 12 heavy (non-hydrogen) atoms. The van der Waals surface area contributed by atoms with Gasteiger partial charge in [-0.05, 0) is 19.1 Å². The van der Waals surface area contributed by atoms with E-state index in [0.717, 1.165) is 17.9 Å². The third kappa shape index (κ3) is 2.37. The predicted molar refractivity (Wildman–Crippen MR) is 51.7 cm³/mol. The number of hydrogen-bond donors (Lipinski definition) is 1. The van der Waals surface area contributed by atoms with Crippen LogP contribution in [-0.4, -0.2) is 15.3 Å². The summed E-state index contributed by atoms with van der Waals surface area (Å²) in [6, 6.07) is 1.54. The smallest absolute Gasteiger partial charge is 0.253 e. The van der Waals surface area contributed by atoms with Crippen LogP contribution in [0.4, 0.5) is 0 Å². The number of thiol groups is 1. The number of hydrogen-bond acceptors (Lipinski definition) is 3. The van der Waals surface area contributed by atoms with Gasteiger partial charge in [0.25, 0.3) is 5.56 Å². The SMILES string of the molecule is Cc1cc(=O)n(CCCS)cn1. The Hall–Kier alpha value is -0.770. The molecule has 1 rings (SSSR count). The van der Waals surface area contributed by atoms with Gasteiger partial charge in [0.1, 0.15) is 0 Å². The van der Waals surface area contributed by atoms with Crippen molar-refractivity contribution in [1.82, 2.24) is 9.55 Å². The minimum Gasteiger partial charge on any atom is -0.299 e. The molecule has 66 valence electrons. The predicted octanol–water partition coefficient (Wildman–Crippen LogP) is 0.872. The zero-order valence-electron chi connectivity index (χ0n) is 7.03. The molecule has 0 aliphatic heterocycles. The van der Waals surface area contributed by atoms with E-state index in [-0.39, 0.29) is 5.56 Å². The lowest BCUT2D eigenvalue weighted by molar-refractivity contribution is 0.642. The molecule has 0 unspecified atom stereocenters. The van der Waals surface area contributed by atoms with Gasteiger partial charge in [-0.1, -0.05) is 0 Å². The highest BCUT2D eigenvalue weighted by atomic mass is 32.1. The highest BCUT2D eigenvalue weighted by molar-refractivity contribution is 7.80. The van der Waals surface area contributed by atoms with E-state index in [2.05, 4.69) is 17.6 Å². The summed E-state index contributed by atoms with van der Waals surface area (Å²) >= 11 is 4.07. The first-order chi connectivity index (χ1) is 5.74. The molecule has 0 saturated carbocycles. The van der Waals surface area contributed by atoms with Crippen LogP contribution in [0.3, 0.4) is 0 Å². The van der Waals surface area contributed by atoms with Crippen molar-refractivity contribution >= 4 is 12.6 Å². The Kier molecular flexibility index (Phi) is 3.34. The third-order valence-corrected chi connectivity index (χ3v) is 1.89. The van der Waals surface area contributed by atoms with Crippen LogP contribution in [0.15, 0.2) is 17.2 Å².